The third kappa shape index (κ3) is 2.41. The molecule has 0 fully saturated rings. The molecular weight excluding hydrogens is 370 g/mol. The Morgan fingerprint density at radius 3 is 2.59 bits per heavy atom. The van der Waals surface area contributed by atoms with E-state index < -0.39 is 11.9 Å². The lowest BCUT2D eigenvalue weighted by Gasteiger charge is -2.21. The van der Waals surface area contributed by atoms with Crippen LogP contribution < -0.4 is 5.43 Å². The molecule has 0 saturated heterocycles. The van der Waals surface area contributed by atoms with Crippen LogP contribution in [0.3, 0.4) is 0 Å². The summed E-state index contributed by atoms with van der Waals surface area (Å²) in [5, 5.41) is 0.742. The monoisotopic (exact) mass is 381 g/mol. The molecule has 0 aliphatic carbocycles. The maximum atomic E-state index is 13.2. The predicted molar refractivity (Wildman–Crippen MR) is 96.6 cm³/mol. The minimum atomic E-state index is -0.702. The van der Waals surface area contributed by atoms with Gasteiger partial charge >= 0.3 is 0 Å². The highest BCUT2D eigenvalue weighted by Crippen LogP contribution is 2.39. The highest BCUT2D eigenvalue weighted by atomic mass is 35.5. The van der Waals surface area contributed by atoms with Gasteiger partial charge in [0.1, 0.15) is 23.1 Å². The third-order valence-corrected chi connectivity index (χ3v) is 4.88. The molecule has 27 heavy (non-hydrogen) atoms. The zero-order valence-corrected chi connectivity index (χ0v) is 14.6. The molecule has 1 aliphatic rings. The first-order chi connectivity index (χ1) is 13.1. The molecule has 1 aromatic carbocycles. The van der Waals surface area contributed by atoms with E-state index in [0.29, 0.717) is 27.5 Å². The van der Waals surface area contributed by atoms with Crippen molar-refractivity contribution in [3.05, 3.63) is 93.1 Å². The zero-order valence-electron chi connectivity index (χ0n) is 13.8. The molecule has 3 aromatic heterocycles. The number of nitrogens with zero attached hydrogens (tertiary/aromatic N) is 1. The van der Waals surface area contributed by atoms with Crippen molar-refractivity contribution in [1.82, 2.24) is 4.90 Å². The highest BCUT2D eigenvalue weighted by molar-refractivity contribution is 6.31. The smallest absolute Gasteiger partial charge is 0.291 e. The van der Waals surface area contributed by atoms with E-state index in [1.807, 2.05) is 0 Å². The van der Waals surface area contributed by atoms with Crippen molar-refractivity contribution < 1.29 is 18.0 Å². The Labute approximate surface area is 157 Å². The van der Waals surface area contributed by atoms with Crippen LogP contribution in [0.5, 0.6) is 0 Å². The second-order valence-corrected chi connectivity index (χ2v) is 6.68. The van der Waals surface area contributed by atoms with Crippen LogP contribution >= 0.6 is 11.6 Å². The van der Waals surface area contributed by atoms with Crippen LogP contribution in [0.25, 0.3) is 11.0 Å². The quantitative estimate of drug-likeness (QED) is 0.526. The lowest BCUT2D eigenvalue weighted by molar-refractivity contribution is 0.0686. The van der Waals surface area contributed by atoms with Gasteiger partial charge in [0.2, 0.25) is 5.76 Å². The molecule has 1 unspecified atom stereocenters. The maximum Gasteiger partial charge on any atom is 0.291 e. The summed E-state index contributed by atoms with van der Waals surface area (Å²) in [4.78, 5) is 27.8. The van der Waals surface area contributed by atoms with Crippen molar-refractivity contribution in [3.63, 3.8) is 0 Å². The first kappa shape index (κ1) is 16.0. The molecule has 1 amide bonds. The summed E-state index contributed by atoms with van der Waals surface area (Å²) >= 11 is 6.04. The molecule has 0 radical (unpaired) electrons. The fourth-order valence-corrected chi connectivity index (χ4v) is 3.64. The number of rotatable bonds is 3. The largest absolute Gasteiger partial charge is 0.467 e. The number of amides is 1. The maximum absolute atomic E-state index is 13.2. The Bertz CT molecular complexity index is 1210. The van der Waals surface area contributed by atoms with Gasteiger partial charge in [0.15, 0.2) is 5.43 Å². The molecular formula is C20H12ClNO5. The number of benzene rings is 1. The van der Waals surface area contributed by atoms with Crippen LogP contribution in [-0.2, 0) is 6.54 Å². The average molecular weight is 382 g/mol. The molecule has 0 bridgehead atoms. The van der Waals surface area contributed by atoms with Crippen LogP contribution in [0.4, 0.5) is 0 Å². The lowest BCUT2D eigenvalue weighted by atomic mass is 10.0. The van der Waals surface area contributed by atoms with Crippen LogP contribution in [0, 0.1) is 0 Å². The standard InChI is InChI=1S/C20H12ClNO5/c21-11-5-6-14-13(9-11)18(23)16-17(15-4-2-8-26-15)22(20(24)19(16)27-14)10-12-3-1-7-25-12/h1-9,17H,10H2. The van der Waals surface area contributed by atoms with Crippen LogP contribution in [0.1, 0.15) is 33.7 Å². The van der Waals surface area contributed by atoms with Gasteiger partial charge in [-0.1, -0.05) is 11.6 Å². The number of carbonyl (C=O) groups excluding carboxylic acids is 1. The molecule has 7 heteroatoms. The lowest BCUT2D eigenvalue weighted by Crippen LogP contribution is -2.28. The summed E-state index contributed by atoms with van der Waals surface area (Å²) in [7, 11) is 0. The van der Waals surface area contributed by atoms with Crippen molar-refractivity contribution in [1.29, 1.82) is 0 Å². The first-order valence-electron chi connectivity index (χ1n) is 8.26. The summed E-state index contributed by atoms with van der Waals surface area (Å²) in [5.41, 5.74) is 0.260. The number of furan rings is 2. The summed E-state index contributed by atoms with van der Waals surface area (Å²) in [5.74, 6) is 0.689. The second kappa shape index (κ2) is 5.89. The Morgan fingerprint density at radius 2 is 1.85 bits per heavy atom. The van der Waals surface area contributed by atoms with E-state index in [2.05, 4.69) is 0 Å². The third-order valence-electron chi connectivity index (χ3n) is 4.65. The van der Waals surface area contributed by atoms with Gasteiger partial charge in [-0.3, -0.25) is 9.59 Å². The molecule has 6 nitrogen and oxygen atoms in total. The summed E-state index contributed by atoms with van der Waals surface area (Å²) in [6.07, 6.45) is 3.03. The van der Waals surface area contributed by atoms with E-state index in [9.17, 15) is 9.59 Å². The van der Waals surface area contributed by atoms with E-state index in [-0.39, 0.29) is 23.3 Å². The Kier molecular flexibility index (Phi) is 3.48. The summed E-state index contributed by atoms with van der Waals surface area (Å²) in [6.45, 7) is 0.179. The van der Waals surface area contributed by atoms with Gasteiger partial charge in [-0.15, -0.1) is 0 Å². The second-order valence-electron chi connectivity index (χ2n) is 6.24. The van der Waals surface area contributed by atoms with Crippen molar-refractivity contribution in [2.24, 2.45) is 0 Å². The fraction of sp³-hybridized carbons (Fsp3) is 0.100. The van der Waals surface area contributed by atoms with Crippen LogP contribution in [0.2, 0.25) is 5.02 Å². The summed E-state index contributed by atoms with van der Waals surface area (Å²) < 4.78 is 16.7. The first-order valence-corrected chi connectivity index (χ1v) is 8.64. The van der Waals surface area contributed by atoms with Gasteiger partial charge in [0.25, 0.3) is 5.91 Å². The minimum Gasteiger partial charge on any atom is -0.467 e. The number of halogens is 1. The number of hydrogen-bond acceptors (Lipinski definition) is 5. The highest BCUT2D eigenvalue weighted by Gasteiger charge is 2.44. The number of carbonyl (C=O) groups is 1. The molecule has 1 aliphatic heterocycles. The van der Waals surface area contributed by atoms with E-state index >= 15 is 0 Å². The average Bonchev–Trinajstić information content (AvgIpc) is 3.40. The Balaban J connectivity index is 1.75. The molecule has 134 valence electrons. The predicted octanol–water partition coefficient (Wildman–Crippen LogP) is 4.38. The molecule has 4 heterocycles. The van der Waals surface area contributed by atoms with Crippen molar-refractivity contribution in [2.75, 3.05) is 0 Å². The molecule has 0 saturated carbocycles. The van der Waals surface area contributed by atoms with Crippen molar-refractivity contribution >= 4 is 28.5 Å². The van der Waals surface area contributed by atoms with Gasteiger partial charge in [0, 0.05) is 5.02 Å². The Morgan fingerprint density at radius 1 is 1.04 bits per heavy atom. The molecule has 1 atom stereocenters. The van der Waals surface area contributed by atoms with Crippen molar-refractivity contribution in [3.8, 4) is 0 Å². The van der Waals surface area contributed by atoms with E-state index in [1.165, 1.54) is 17.4 Å². The van der Waals surface area contributed by atoms with Gasteiger partial charge in [0.05, 0.1) is 30.0 Å². The summed E-state index contributed by atoms with van der Waals surface area (Å²) in [6, 6.07) is 11.0. The van der Waals surface area contributed by atoms with E-state index in [0.717, 1.165) is 0 Å². The van der Waals surface area contributed by atoms with Gasteiger partial charge in [-0.2, -0.15) is 0 Å². The van der Waals surface area contributed by atoms with Gasteiger partial charge in [-0.25, -0.2) is 0 Å². The zero-order chi connectivity index (χ0) is 18.5. The number of fused-ring (bicyclic) bond motifs is 2. The fourth-order valence-electron chi connectivity index (χ4n) is 3.47. The van der Waals surface area contributed by atoms with E-state index in [4.69, 9.17) is 24.9 Å². The minimum absolute atomic E-state index is 0.0165. The molecule has 4 aromatic rings. The van der Waals surface area contributed by atoms with Crippen LogP contribution in [0.15, 0.2) is 73.0 Å². The van der Waals surface area contributed by atoms with E-state index in [1.54, 1.807) is 42.5 Å². The normalized spacial score (nSPS) is 16.3. The Hall–Kier alpha value is -3.25. The van der Waals surface area contributed by atoms with Crippen molar-refractivity contribution in [2.45, 2.75) is 12.6 Å². The molecule has 0 spiro atoms. The van der Waals surface area contributed by atoms with Crippen LogP contribution in [-0.4, -0.2) is 10.8 Å². The van der Waals surface area contributed by atoms with Gasteiger partial charge < -0.3 is 18.2 Å². The molecule has 0 N–H and O–H groups in total. The van der Waals surface area contributed by atoms with Gasteiger partial charge in [-0.05, 0) is 42.5 Å². The SMILES string of the molecule is O=C1c2oc3ccc(Cl)cc3c(=O)c2C(c2ccco2)N1Cc1ccco1. The topological polar surface area (TPSA) is 76.8 Å². The number of hydrogen-bond donors (Lipinski definition) is 0. The molecule has 5 rings (SSSR count).